The van der Waals surface area contributed by atoms with E-state index in [1.165, 1.54) is 16.5 Å². The molecule has 6 nitrogen and oxygen atoms in total. The summed E-state index contributed by atoms with van der Waals surface area (Å²) in [5, 5.41) is 13.0. The van der Waals surface area contributed by atoms with Gasteiger partial charge in [-0.2, -0.15) is 0 Å². The molecule has 0 fully saturated rings. The Bertz CT molecular complexity index is 902. The Balaban J connectivity index is 1.95. The Morgan fingerprint density at radius 2 is 2.00 bits per heavy atom. The van der Waals surface area contributed by atoms with Crippen molar-refractivity contribution in [3.05, 3.63) is 63.8 Å². The molecule has 0 saturated heterocycles. The summed E-state index contributed by atoms with van der Waals surface area (Å²) in [6, 6.07) is 10.3. The van der Waals surface area contributed by atoms with Gasteiger partial charge in [-0.1, -0.05) is 6.07 Å². The number of aromatic nitrogens is 3. The predicted molar refractivity (Wildman–Crippen MR) is 84.2 cm³/mol. The molecule has 3 aromatic heterocycles. The second-order valence-corrected chi connectivity index (χ2v) is 5.12. The fourth-order valence-electron chi connectivity index (χ4n) is 2.30. The van der Waals surface area contributed by atoms with Gasteiger partial charge < -0.3 is 10.4 Å². The smallest absolute Gasteiger partial charge is 0.258 e. The molecule has 22 heavy (non-hydrogen) atoms. The summed E-state index contributed by atoms with van der Waals surface area (Å²) in [6.07, 6.45) is 0. The van der Waals surface area contributed by atoms with E-state index in [4.69, 9.17) is 0 Å². The Labute approximate surface area is 127 Å². The van der Waals surface area contributed by atoms with Crippen LogP contribution in [0.5, 0.6) is 5.75 Å². The number of rotatable bonds is 3. The van der Waals surface area contributed by atoms with Crippen LogP contribution in [0.2, 0.25) is 0 Å². The lowest BCUT2D eigenvalue weighted by Gasteiger charge is -2.09. The van der Waals surface area contributed by atoms with Crippen LogP contribution < -0.4 is 10.9 Å². The van der Waals surface area contributed by atoms with E-state index in [-0.39, 0.29) is 17.0 Å². The summed E-state index contributed by atoms with van der Waals surface area (Å²) >= 11 is 0. The van der Waals surface area contributed by atoms with Gasteiger partial charge in [-0.15, -0.1) is 0 Å². The molecule has 0 spiro atoms. The van der Waals surface area contributed by atoms with E-state index in [1.54, 1.807) is 13.0 Å². The minimum atomic E-state index is -0.215. The van der Waals surface area contributed by atoms with Crippen LogP contribution in [0.1, 0.15) is 17.1 Å². The topological polar surface area (TPSA) is 79.5 Å². The molecule has 0 atom stereocenters. The minimum absolute atomic E-state index is 0.0155. The number of pyridine rings is 2. The molecular weight excluding hydrogens is 280 g/mol. The molecule has 0 aliphatic heterocycles. The summed E-state index contributed by atoms with van der Waals surface area (Å²) in [4.78, 5) is 20.9. The Morgan fingerprint density at radius 1 is 1.18 bits per heavy atom. The van der Waals surface area contributed by atoms with Crippen molar-refractivity contribution in [2.45, 2.75) is 20.4 Å². The molecular formula is C16H16N4O2. The van der Waals surface area contributed by atoms with Crippen molar-refractivity contribution >= 4 is 11.5 Å². The third kappa shape index (κ3) is 2.63. The van der Waals surface area contributed by atoms with Crippen molar-refractivity contribution in [3.8, 4) is 5.75 Å². The highest BCUT2D eigenvalue weighted by Crippen LogP contribution is 2.16. The number of aromatic hydroxyl groups is 1. The van der Waals surface area contributed by atoms with Gasteiger partial charge in [0.25, 0.3) is 5.56 Å². The first-order valence-corrected chi connectivity index (χ1v) is 6.93. The van der Waals surface area contributed by atoms with E-state index in [9.17, 15) is 9.90 Å². The van der Waals surface area contributed by atoms with Gasteiger partial charge in [-0.25, -0.2) is 9.97 Å². The van der Waals surface area contributed by atoms with Gasteiger partial charge in [0.1, 0.15) is 5.82 Å². The van der Waals surface area contributed by atoms with Crippen molar-refractivity contribution in [2.24, 2.45) is 0 Å². The maximum absolute atomic E-state index is 12.2. The van der Waals surface area contributed by atoms with Gasteiger partial charge in [0.05, 0.1) is 12.2 Å². The SMILES string of the molecule is Cc1cccc(NCc2cc(=O)n3c(C)ccc(O)c3n2)n1. The quantitative estimate of drug-likeness (QED) is 0.773. The van der Waals surface area contributed by atoms with Gasteiger partial charge in [0, 0.05) is 17.5 Å². The van der Waals surface area contributed by atoms with Gasteiger partial charge >= 0.3 is 0 Å². The molecule has 0 bridgehead atoms. The summed E-state index contributed by atoms with van der Waals surface area (Å²) in [5.41, 5.74) is 2.23. The first kappa shape index (κ1) is 14.1. The maximum atomic E-state index is 12.2. The third-order valence-electron chi connectivity index (χ3n) is 3.37. The molecule has 0 saturated carbocycles. The lowest BCUT2D eigenvalue weighted by atomic mass is 10.3. The first-order valence-electron chi connectivity index (χ1n) is 6.93. The summed E-state index contributed by atoms with van der Waals surface area (Å²) in [6.45, 7) is 4.06. The van der Waals surface area contributed by atoms with Gasteiger partial charge in [-0.3, -0.25) is 9.20 Å². The predicted octanol–water partition coefficient (Wildman–Crippen LogP) is 2.02. The molecule has 0 unspecified atom stereocenters. The van der Waals surface area contributed by atoms with Crippen LogP contribution in [0.15, 0.2) is 41.2 Å². The van der Waals surface area contributed by atoms with Crippen LogP contribution in [0.25, 0.3) is 5.65 Å². The first-order chi connectivity index (χ1) is 10.5. The molecule has 0 aromatic carbocycles. The van der Waals surface area contributed by atoms with E-state index in [0.717, 1.165) is 17.2 Å². The average molecular weight is 296 g/mol. The van der Waals surface area contributed by atoms with Crippen molar-refractivity contribution in [3.63, 3.8) is 0 Å². The largest absolute Gasteiger partial charge is 0.504 e. The van der Waals surface area contributed by atoms with Crippen LogP contribution in [0, 0.1) is 13.8 Å². The van der Waals surface area contributed by atoms with Crippen molar-refractivity contribution in [2.75, 3.05) is 5.32 Å². The van der Waals surface area contributed by atoms with Gasteiger partial charge in [-0.05, 0) is 38.1 Å². The molecule has 112 valence electrons. The van der Waals surface area contributed by atoms with Crippen LogP contribution in [0.4, 0.5) is 5.82 Å². The van der Waals surface area contributed by atoms with Crippen LogP contribution in [0.3, 0.4) is 0 Å². The molecule has 0 amide bonds. The standard InChI is InChI=1S/C16H16N4O2/c1-10-4-3-5-14(18-10)17-9-12-8-15(22)20-11(2)6-7-13(21)16(20)19-12/h3-8,21H,9H2,1-2H3,(H,17,18). The van der Waals surface area contributed by atoms with E-state index >= 15 is 0 Å². The number of hydrogen-bond donors (Lipinski definition) is 2. The number of anilines is 1. The summed E-state index contributed by atoms with van der Waals surface area (Å²) in [7, 11) is 0. The zero-order chi connectivity index (χ0) is 15.7. The second kappa shape index (κ2) is 5.48. The fraction of sp³-hybridized carbons (Fsp3) is 0.188. The van der Waals surface area contributed by atoms with E-state index < -0.39 is 0 Å². The zero-order valence-corrected chi connectivity index (χ0v) is 12.4. The number of aryl methyl sites for hydroxylation is 2. The van der Waals surface area contributed by atoms with Crippen LogP contribution >= 0.6 is 0 Å². The monoisotopic (exact) mass is 296 g/mol. The fourth-order valence-corrected chi connectivity index (χ4v) is 2.30. The van der Waals surface area contributed by atoms with Crippen molar-refractivity contribution in [1.82, 2.24) is 14.4 Å². The lowest BCUT2D eigenvalue weighted by molar-refractivity contribution is 0.476. The van der Waals surface area contributed by atoms with E-state index in [1.807, 2.05) is 25.1 Å². The van der Waals surface area contributed by atoms with Crippen molar-refractivity contribution in [1.29, 1.82) is 0 Å². The molecule has 3 rings (SSSR count). The number of nitrogens with one attached hydrogen (secondary N) is 1. The zero-order valence-electron chi connectivity index (χ0n) is 12.4. The molecule has 3 heterocycles. The number of nitrogens with zero attached hydrogens (tertiary/aromatic N) is 3. The van der Waals surface area contributed by atoms with Gasteiger partial charge in [0.15, 0.2) is 11.4 Å². The maximum Gasteiger partial charge on any atom is 0.258 e. The highest BCUT2D eigenvalue weighted by atomic mass is 16.3. The summed E-state index contributed by atoms with van der Waals surface area (Å²) < 4.78 is 1.39. The molecule has 3 aromatic rings. The highest BCUT2D eigenvalue weighted by molar-refractivity contribution is 5.54. The highest BCUT2D eigenvalue weighted by Gasteiger charge is 2.08. The molecule has 2 N–H and O–H groups in total. The lowest BCUT2D eigenvalue weighted by Crippen LogP contribution is -2.19. The third-order valence-corrected chi connectivity index (χ3v) is 3.37. The molecule has 0 radical (unpaired) electrons. The minimum Gasteiger partial charge on any atom is -0.504 e. The summed E-state index contributed by atoms with van der Waals surface area (Å²) in [5.74, 6) is 0.702. The Morgan fingerprint density at radius 3 is 2.77 bits per heavy atom. The van der Waals surface area contributed by atoms with E-state index in [0.29, 0.717) is 12.2 Å². The van der Waals surface area contributed by atoms with Crippen LogP contribution in [-0.4, -0.2) is 19.5 Å². The average Bonchev–Trinajstić information content (AvgIpc) is 2.49. The molecule has 6 heteroatoms. The van der Waals surface area contributed by atoms with Gasteiger partial charge in [0.2, 0.25) is 0 Å². The van der Waals surface area contributed by atoms with Crippen molar-refractivity contribution < 1.29 is 5.11 Å². The van der Waals surface area contributed by atoms with Crippen LogP contribution in [-0.2, 0) is 6.54 Å². The number of hydrogen-bond acceptors (Lipinski definition) is 5. The van der Waals surface area contributed by atoms with E-state index in [2.05, 4.69) is 15.3 Å². The number of fused-ring (bicyclic) bond motifs is 1. The normalized spacial score (nSPS) is 10.8. The molecule has 0 aliphatic rings. The molecule has 0 aliphatic carbocycles. The second-order valence-electron chi connectivity index (χ2n) is 5.12. The Kier molecular flexibility index (Phi) is 3.50. The Hall–Kier alpha value is -2.89.